The van der Waals surface area contributed by atoms with Gasteiger partial charge in [-0.1, -0.05) is 48.2 Å². The van der Waals surface area contributed by atoms with E-state index in [1.54, 1.807) is 13.2 Å². The summed E-state index contributed by atoms with van der Waals surface area (Å²) in [6, 6.07) is 9.85. The normalized spacial score (nSPS) is 10.5. The standard InChI is InChI=1S/C17H22N4O2S/c1-3-11-21-16(14-8-5-4-6-9-14)19-20-17(21)24-13-15(22)18-10-7-12-23-2/h3-6,8-9H,1,7,10-13H2,2H3,(H,18,22). The van der Waals surface area contributed by atoms with E-state index in [1.165, 1.54) is 11.8 Å². The van der Waals surface area contributed by atoms with Crippen LogP contribution in [-0.2, 0) is 16.1 Å². The van der Waals surface area contributed by atoms with E-state index in [2.05, 4.69) is 22.1 Å². The van der Waals surface area contributed by atoms with Crippen LogP contribution in [0.2, 0.25) is 0 Å². The fraction of sp³-hybridized carbons (Fsp3) is 0.353. The molecule has 0 aliphatic heterocycles. The summed E-state index contributed by atoms with van der Waals surface area (Å²) in [6.45, 7) is 5.63. The molecule has 0 unspecified atom stereocenters. The Balaban J connectivity index is 1.99. The number of nitrogens with zero attached hydrogens (tertiary/aromatic N) is 3. The van der Waals surface area contributed by atoms with Crippen LogP contribution in [0.15, 0.2) is 48.1 Å². The van der Waals surface area contributed by atoms with Crippen molar-refractivity contribution in [2.45, 2.75) is 18.1 Å². The number of amides is 1. The molecule has 1 aromatic carbocycles. The highest BCUT2D eigenvalue weighted by Gasteiger charge is 2.14. The summed E-state index contributed by atoms with van der Waals surface area (Å²) in [4.78, 5) is 11.9. The van der Waals surface area contributed by atoms with Crippen molar-refractivity contribution in [3.8, 4) is 11.4 Å². The Bertz CT molecular complexity index is 658. The van der Waals surface area contributed by atoms with E-state index < -0.39 is 0 Å². The van der Waals surface area contributed by atoms with Crippen LogP contribution in [0.4, 0.5) is 0 Å². The molecule has 0 bridgehead atoms. The van der Waals surface area contributed by atoms with Crippen LogP contribution >= 0.6 is 11.8 Å². The molecular weight excluding hydrogens is 324 g/mol. The lowest BCUT2D eigenvalue weighted by Crippen LogP contribution is -2.27. The Morgan fingerprint density at radius 3 is 2.88 bits per heavy atom. The highest BCUT2D eigenvalue weighted by atomic mass is 32.2. The molecule has 6 nitrogen and oxygen atoms in total. The molecule has 1 heterocycles. The first kappa shape index (κ1) is 18.2. The van der Waals surface area contributed by atoms with Crippen molar-refractivity contribution in [3.05, 3.63) is 43.0 Å². The quantitative estimate of drug-likeness (QED) is 0.406. The minimum atomic E-state index is -0.0227. The third-order valence-electron chi connectivity index (χ3n) is 3.24. The second kappa shape index (κ2) is 9.89. The molecule has 2 rings (SSSR count). The van der Waals surface area contributed by atoms with Gasteiger partial charge in [0.2, 0.25) is 5.91 Å². The number of methoxy groups -OCH3 is 1. The second-order valence-electron chi connectivity index (χ2n) is 5.06. The molecule has 1 amide bonds. The second-order valence-corrected chi connectivity index (χ2v) is 6.00. The summed E-state index contributed by atoms with van der Waals surface area (Å²) in [6.07, 6.45) is 2.60. The summed E-state index contributed by atoms with van der Waals surface area (Å²) in [5, 5.41) is 12.1. The summed E-state index contributed by atoms with van der Waals surface area (Å²) in [5.74, 6) is 1.06. The predicted molar refractivity (Wildman–Crippen MR) is 95.9 cm³/mol. The molecule has 24 heavy (non-hydrogen) atoms. The van der Waals surface area contributed by atoms with E-state index in [-0.39, 0.29) is 5.91 Å². The molecule has 1 N–H and O–H groups in total. The zero-order valence-corrected chi connectivity index (χ0v) is 14.6. The Labute approximate surface area is 146 Å². The van der Waals surface area contributed by atoms with Crippen molar-refractivity contribution in [3.63, 3.8) is 0 Å². The first-order valence-electron chi connectivity index (χ1n) is 7.74. The Kier molecular flexibility index (Phi) is 7.51. The number of rotatable bonds is 10. The molecule has 128 valence electrons. The van der Waals surface area contributed by atoms with Crippen LogP contribution in [0.5, 0.6) is 0 Å². The van der Waals surface area contributed by atoms with Crippen LogP contribution in [-0.4, -0.2) is 46.7 Å². The van der Waals surface area contributed by atoms with Gasteiger partial charge < -0.3 is 10.1 Å². The number of ether oxygens (including phenoxy) is 1. The van der Waals surface area contributed by atoms with Gasteiger partial charge in [0, 0.05) is 32.4 Å². The predicted octanol–water partition coefficient (Wildman–Crippen LogP) is 2.38. The van der Waals surface area contributed by atoms with Crippen LogP contribution < -0.4 is 5.32 Å². The summed E-state index contributed by atoms with van der Waals surface area (Å²) < 4.78 is 6.92. The van der Waals surface area contributed by atoms with Gasteiger partial charge in [0.05, 0.1) is 5.75 Å². The van der Waals surface area contributed by atoms with Gasteiger partial charge in [-0.15, -0.1) is 16.8 Å². The van der Waals surface area contributed by atoms with Crippen molar-refractivity contribution in [2.24, 2.45) is 0 Å². The van der Waals surface area contributed by atoms with E-state index in [1.807, 2.05) is 34.9 Å². The van der Waals surface area contributed by atoms with E-state index in [0.29, 0.717) is 30.6 Å². The number of carbonyl (C=O) groups excluding carboxylic acids is 1. The maximum absolute atomic E-state index is 11.9. The van der Waals surface area contributed by atoms with Gasteiger partial charge in [-0.3, -0.25) is 9.36 Å². The van der Waals surface area contributed by atoms with Crippen molar-refractivity contribution in [2.75, 3.05) is 26.0 Å². The van der Waals surface area contributed by atoms with E-state index in [0.717, 1.165) is 17.8 Å². The molecule has 0 atom stereocenters. The minimum absolute atomic E-state index is 0.0227. The molecule has 0 spiro atoms. The van der Waals surface area contributed by atoms with E-state index in [4.69, 9.17) is 4.74 Å². The Morgan fingerprint density at radius 2 is 2.17 bits per heavy atom. The maximum atomic E-state index is 11.9. The third-order valence-corrected chi connectivity index (χ3v) is 4.21. The van der Waals surface area contributed by atoms with Crippen molar-refractivity contribution >= 4 is 17.7 Å². The Hall–Kier alpha value is -2.12. The maximum Gasteiger partial charge on any atom is 0.230 e. The zero-order valence-electron chi connectivity index (χ0n) is 13.8. The first-order chi connectivity index (χ1) is 11.8. The van der Waals surface area contributed by atoms with E-state index in [9.17, 15) is 4.79 Å². The molecule has 2 aromatic rings. The molecule has 0 saturated heterocycles. The smallest absolute Gasteiger partial charge is 0.230 e. The van der Waals surface area contributed by atoms with Gasteiger partial charge in [0.25, 0.3) is 0 Å². The van der Waals surface area contributed by atoms with Gasteiger partial charge in [0.1, 0.15) is 0 Å². The fourth-order valence-electron chi connectivity index (χ4n) is 2.12. The van der Waals surface area contributed by atoms with Gasteiger partial charge in [-0.05, 0) is 6.42 Å². The number of nitrogens with one attached hydrogen (secondary N) is 1. The molecule has 1 aromatic heterocycles. The first-order valence-corrected chi connectivity index (χ1v) is 8.72. The third kappa shape index (κ3) is 5.21. The van der Waals surface area contributed by atoms with Crippen LogP contribution in [0.25, 0.3) is 11.4 Å². The molecule has 0 aliphatic rings. The van der Waals surface area contributed by atoms with E-state index >= 15 is 0 Å². The SMILES string of the molecule is C=CCn1c(SCC(=O)NCCCOC)nnc1-c1ccccc1. The zero-order chi connectivity index (χ0) is 17.2. The lowest BCUT2D eigenvalue weighted by atomic mass is 10.2. The van der Waals surface area contributed by atoms with Gasteiger partial charge >= 0.3 is 0 Å². The van der Waals surface area contributed by atoms with Crippen molar-refractivity contribution in [1.29, 1.82) is 0 Å². The van der Waals surface area contributed by atoms with Crippen LogP contribution in [0, 0.1) is 0 Å². The molecular formula is C17H22N4O2S. The number of carbonyl (C=O) groups is 1. The fourth-order valence-corrected chi connectivity index (χ4v) is 2.89. The molecule has 0 aliphatic carbocycles. The highest BCUT2D eigenvalue weighted by Crippen LogP contribution is 2.23. The lowest BCUT2D eigenvalue weighted by Gasteiger charge is -2.08. The minimum Gasteiger partial charge on any atom is -0.385 e. The summed E-state index contributed by atoms with van der Waals surface area (Å²) in [5.41, 5.74) is 0.989. The van der Waals surface area contributed by atoms with Crippen LogP contribution in [0.3, 0.4) is 0 Å². The number of thioether (sulfide) groups is 1. The summed E-state index contributed by atoms with van der Waals surface area (Å²) in [7, 11) is 1.65. The molecule has 0 saturated carbocycles. The number of hydrogen-bond acceptors (Lipinski definition) is 5. The number of aromatic nitrogens is 3. The monoisotopic (exact) mass is 346 g/mol. The van der Waals surface area contributed by atoms with Gasteiger partial charge in [-0.25, -0.2) is 0 Å². The topological polar surface area (TPSA) is 69.0 Å². The van der Waals surface area contributed by atoms with Gasteiger partial charge in [0.15, 0.2) is 11.0 Å². The Morgan fingerprint density at radius 1 is 1.38 bits per heavy atom. The number of allylic oxidation sites excluding steroid dienone is 1. The lowest BCUT2D eigenvalue weighted by molar-refractivity contribution is -0.118. The van der Waals surface area contributed by atoms with Crippen molar-refractivity contribution < 1.29 is 9.53 Å². The molecule has 7 heteroatoms. The molecule has 0 radical (unpaired) electrons. The average Bonchev–Trinajstić information content (AvgIpc) is 3.01. The number of benzene rings is 1. The van der Waals surface area contributed by atoms with Crippen molar-refractivity contribution in [1.82, 2.24) is 20.1 Å². The largest absolute Gasteiger partial charge is 0.385 e. The number of hydrogen-bond donors (Lipinski definition) is 1. The highest BCUT2D eigenvalue weighted by molar-refractivity contribution is 7.99. The molecule has 0 fully saturated rings. The van der Waals surface area contributed by atoms with Gasteiger partial charge in [-0.2, -0.15) is 0 Å². The average molecular weight is 346 g/mol. The van der Waals surface area contributed by atoms with Crippen LogP contribution in [0.1, 0.15) is 6.42 Å². The summed E-state index contributed by atoms with van der Waals surface area (Å²) >= 11 is 1.37.